The molecule has 0 aromatic rings. The monoisotopic (exact) mass is 412 g/mol. The first-order valence-electron chi connectivity index (χ1n) is 9.87. The van der Waals surface area contributed by atoms with Crippen LogP contribution in [0.15, 0.2) is 0 Å². The Morgan fingerprint density at radius 3 is 2.55 bits per heavy atom. The summed E-state index contributed by atoms with van der Waals surface area (Å²) < 4.78 is 23.3. The highest BCUT2D eigenvalue weighted by Crippen LogP contribution is 2.23. The summed E-state index contributed by atoms with van der Waals surface area (Å²) in [5, 5.41) is 12.3. The van der Waals surface area contributed by atoms with Crippen LogP contribution in [0.4, 0.5) is 4.39 Å². The predicted octanol–water partition coefficient (Wildman–Crippen LogP) is -0.000620. The molecule has 2 aliphatic heterocycles. The number of ether oxygens (including phenoxy) is 2. The summed E-state index contributed by atoms with van der Waals surface area (Å²) >= 11 is 0. The van der Waals surface area contributed by atoms with Crippen LogP contribution in [-0.4, -0.2) is 91.3 Å². The lowest BCUT2D eigenvalue weighted by Gasteiger charge is -2.40. The van der Waals surface area contributed by atoms with Crippen LogP contribution in [-0.2, 0) is 23.9 Å². The third-order valence-corrected chi connectivity index (χ3v) is 5.39. The lowest BCUT2D eigenvalue weighted by atomic mass is 9.89. The van der Waals surface area contributed by atoms with Crippen LogP contribution in [0.25, 0.3) is 0 Å². The fraction of sp³-hybridized carbons (Fsp3) is 0.789. The number of rotatable bonds is 8. The molecule has 0 saturated carbocycles. The third kappa shape index (κ3) is 6.65. The molecule has 2 fully saturated rings. The Bertz CT molecular complexity index is 645. The first-order valence-corrected chi connectivity index (χ1v) is 9.87. The molecule has 0 bridgehead atoms. The zero-order chi connectivity index (χ0) is 21.4. The van der Waals surface area contributed by atoms with E-state index in [9.17, 15) is 18.8 Å². The molecule has 2 rings (SSSR count). The Labute approximate surface area is 170 Å². The zero-order valence-electron chi connectivity index (χ0n) is 17.0. The largest absolute Gasteiger partial charge is 0.454 e. The molecule has 10 heteroatoms. The maximum atomic E-state index is 13.5. The van der Waals surface area contributed by atoms with Crippen molar-refractivity contribution in [2.75, 3.05) is 46.0 Å². The molecule has 0 aromatic carbocycles. The fourth-order valence-corrected chi connectivity index (χ4v) is 3.46. The van der Waals surface area contributed by atoms with Gasteiger partial charge in [-0.3, -0.25) is 9.59 Å². The Balaban J connectivity index is 1.73. The smallest absolute Gasteiger partial charge is 0.332 e. The van der Waals surface area contributed by atoms with Crippen molar-refractivity contribution in [3.63, 3.8) is 0 Å². The van der Waals surface area contributed by atoms with Crippen LogP contribution >= 0.6 is 0 Å². The number of esters is 1. The van der Waals surface area contributed by atoms with Crippen LogP contribution < -0.4 is 5.32 Å². The molecular formula is C19H29FN4O5. The second-order valence-electron chi connectivity index (χ2n) is 7.62. The second kappa shape index (κ2) is 10.5. The van der Waals surface area contributed by atoms with E-state index in [-0.39, 0.29) is 50.1 Å². The van der Waals surface area contributed by atoms with Crippen molar-refractivity contribution in [1.82, 2.24) is 15.1 Å². The molecule has 0 unspecified atom stereocenters. The standard InChI is InChI=1S/C19H29FN4O5/c1-3-28-13-18(27)29-12-17(26)23-6-4-19(2,5-7-23)22-10-16(25)24-11-14(20)8-15(24)9-21/h14-15,22H,3-8,10-13H2,1-2H3/t14-,15-/m0/s1. The summed E-state index contributed by atoms with van der Waals surface area (Å²) in [4.78, 5) is 38.9. The quantitative estimate of drug-likeness (QED) is 0.559. The van der Waals surface area contributed by atoms with Crippen molar-refractivity contribution < 1.29 is 28.2 Å². The van der Waals surface area contributed by atoms with Crippen LogP contribution in [0.1, 0.15) is 33.1 Å². The van der Waals surface area contributed by atoms with E-state index in [4.69, 9.17) is 14.7 Å². The maximum absolute atomic E-state index is 13.5. The Morgan fingerprint density at radius 1 is 1.24 bits per heavy atom. The fourth-order valence-electron chi connectivity index (χ4n) is 3.46. The number of halogens is 1. The van der Waals surface area contributed by atoms with Crippen LogP contribution in [0.2, 0.25) is 0 Å². The topological polar surface area (TPSA) is 112 Å². The second-order valence-corrected chi connectivity index (χ2v) is 7.62. The number of amides is 2. The van der Waals surface area contributed by atoms with Gasteiger partial charge in [-0.2, -0.15) is 5.26 Å². The van der Waals surface area contributed by atoms with Gasteiger partial charge in [-0.15, -0.1) is 0 Å². The predicted molar refractivity (Wildman–Crippen MR) is 100 cm³/mol. The molecule has 0 radical (unpaired) electrons. The minimum absolute atomic E-state index is 0.0182. The number of alkyl halides is 1. The number of carbonyl (C=O) groups is 3. The van der Waals surface area contributed by atoms with Gasteiger partial charge in [0.1, 0.15) is 18.8 Å². The average Bonchev–Trinajstić information content (AvgIpc) is 3.10. The highest BCUT2D eigenvalue weighted by Gasteiger charge is 2.37. The lowest BCUT2D eigenvalue weighted by Crippen LogP contribution is -2.55. The molecule has 29 heavy (non-hydrogen) atoms. The van der Waals surface area contributed by atoms with Gasteiger partial charge in [0, 0.05) is 31.7 Å². The first-order chi connectivity index (χ1) is 13.8. The summed E-state index contributed by atoms with van der Waals surface area (Å²) in [7, 11) is 0. The summed E-state index contributed by atoms with van der Waals surface area (Å²) in [6.07, 6.45) is 0.140. The Kier molecular flexibility index (Phi) is 8.34. The summed E-state index contributed by atoms with van der Waals surface area (Å²) in [6, 6.07) is 1.26. The van der Waals surface area contributed by atoms with E-state index in [0.717, 1.165) is 0 Å². The van der Waals surface area contributed by atoms with Crippen molar-refractivity contribution in [3.8, 4) is 6.07 Å². The number of nitriles is 1. The van der Waals surface area contributed by atoms with Gasteiger partial charge >= 0.3 is 5.97 Å². The highest BCUT2D eigenvalue weighted by molar-refractivity contribution is 5.81. The van der Waals surface area contributed by atoms with Gasteiger partial charge in [-0.1, -0.05) is 0 Å². The van der Waals surface area contributed by atoms with E-state index in [0.29, 0.717) is 32.5 Å². The van der Waals surface area contributed by atoms with Gasteiger partial charge in [0.15, 0.2) is 6.61 Å². The summed E-state index contributed by atoms with van der Waals surface area (Å²) in [6.45, 7) is 4.55. The lowest BCUT2D eigenvalue weighted by molar-refractivity contribution is -0.156. The van der Waals surface area contributed by atoms with E-state index < -0.39 is 18.2 Å². The molecule has 2 heterocycles. The SMILES string of the molecule is CCOCC(=O)OCC(=O)N1CCC(C)(NCC(=O)N2C[C@@H](F)C[C@H]2C#N)CC1. The maximum Gasteiger partial charge on any atom is 0.332 e. The number of carbonyl (C=O) groups excluding carboxylic acids is 3. The van der Waals surface area contributed by atoms with Crippen LogP contribution in [0.3, 0.4) is 0 Å². The third-order valence-electron chi connectivity index (χ3n) is 5.39. The van der Waals surface area contributed by atoms with E-state index in [1.54, 1.807) is 11.8 Å². The number of nitrogens with one attached hydrogen (secondary N) is 1. The number of hydrogen-bond donors (Lipinski definition) is 1. The van der Waals surface area contributed by atoms with E-state index in [1.807, 2.05) is 13.0 Å². The molecule has 2 amide bonds. The average molecular weight is 412 g/mol. The van der Waals surface area contributed by atoms with Crippen molar-refractivity contribution in [2.45, 2.75) is 50.9 Å². The molecule has 0 aliphatic carbocycles. The van der Waals surface area contributed by atoms with Crippen molar-refractivity contribution in [2.24, 2.45) is 0 Å². The Morgan fingerprint density at radius 2 is 1.93 bits per heavy atom. The molecule has 162 valence electrons. The van der Waals surface area contributed by atoms with Crippen molar-refractivity contribution >= 4 is 17.8 Å². The van der Waals surface area contributed by atoms with E-state index in [2.05, 4.69) is 5.32 Å². The van der Waals surface area contributed by atoms with Crippen molar-refractivity contribution in [1.29, 1.82) is 5.26 Å². The molecule has 9 nitrogen and oxygen atoms in total. The van der Waals surface area contributed by atoms with Gasteiger partial charge in [0.05, 0.1) is 19.2 Å². The van der Waals surface area contributed by atoms with E-state index >= 15 is 0 Å². The number of nitrogens with zero attached hydrogens (tertiary/aromatic N) is 3. The van der Waals surface area contributed by atoms with Crippen LogP contribution in [0, 0.1) is 11.3 Å². The van der Waals surface area contributed by atoms with Gasteiger partial charge in [-0.25, -0.2) is 9.18 Å². The summed E-state index contributed by atoms with van der Waals surface area (Å²) in [5.41, 5.74) is -0.352. The van der Waals surface area contributed by atoms with Gasteiger partial charge in [0.25, 0.3) is 5.91 Å². The van der Waals surface area contributed by atoms with Crippen LogP contribution in [0.5, 0.6) is 0 Å². The van der Waals surface area contributed by atoms with Crippen molar-refractivity contribution in [3.05, 3.63) is 0 Å². The highest BCUT2D eigenvalue weighted by atomic mass is 19.1. The molecule has 2 saturated heterocycles. The molecular weight excluding hydrogens is 383 g/mol. The number of piperidine rings is 1. The van der Waals surface area contributed by atoms with Gasteiger partial charge < -0.3 is 24.6 Å². The minimum atomic E-state index is -1.16. The van der Waals surface area contributed by atoms with Gasteiger partial charge in [0.2, 0.25) is 5.91 Å². The number of likely N-dealkylation sites (tertiary alicyclic amines) is 2. The minimum Gasteiger partial charge on any atom is -0.454 e. The zero-order valence-corrected chi connectivity index (χ0v) is 17.0. The first kappa shape index (κ1) is 23.0. The molecule has 1 N–H and O–H groups in total. The molecule has 0 spiro atoms. The number of hydrogen-bond acceptors (Lipinski definition) is 7. The molecule has 0 aromatic heterocycles. The normalized spacial score (nSPS) is 23.5. The molecule has 2 aliphatic rings. The Hall–Kier alpha value is -2.25. The summed E-state index contributed by atoms with van der Waals surface area (Å²) in [5.74, 6) is -1.14. The van der Waals surface area contributed by atoms with E-state index in [1.165, 1.54) is 4.90 Å². The molecule has 2 atom stereocenters. The van der Waals surface area contributed by atoms with Gasteiger partial charge in [-0.05, 0) is 26.7 Å².